The van der Waals surface area contributed by atoms with Crippen molar-refractivity contribution in [1.29, 1.82) is 0 Å². The molecule has 0 bridgehead atoms. The van der Waals surface area contributed by atoms with Crippen LogP contribution in [0.5, 0.6) is 0 Å². The van der Waals surface area contributed by atoms with Crippen molar-refractivity contribution in [2.45, 2.75) is 19.9 Å². The molecule has 1 amide bonds. The Morgan fingerprint density at radius 1 is 0.913 bits per heavy atom. The molecule has 0 radical (unpaired) electrons. The van der Waals surface area contributed by atoms with E-state index in [0.29, 0.717) is 6.54 Å². The highest BCUT2D eigenvalue weighted by Crippen LogP contribution is 2.21. The number of nitrogens with zero attached hydrogens (tertiary/aromatic N) is 1. The Morgan fingerprint density at radius 2 is 1.35 bits per heavy atom. The van der Waals surface area contributed by atoms with Crippen LogP contribution in [0.3, 0.4) is 0 Å². The highest BCUT2D eigenvalue weighted by Gasteiger charge is 2.17. The summed E-state index contributed by atoms with van der Waals surface area (Å²) in [5, 5.41) is 3.17. The average Bonchev–Trinajstić information content (AvgIpc) is 2.59. The summed E-state index contributed by atoms with van der Waals surface area (Å²) < 4.78 is 0. The summed E-state index contributed by atoms with van der Waals surface area (Å²) in [5.74, 6) is 0.0569. The third-order valence-electron chi connectivity index (χ3n) is 3.83. The summed E-state index contributed by atoms with van der Waals surface area (Å²) in [7, 11) is 0. The van der Waals surface area contributed by atoms with E-state index in [1.165, 1.54) is 0 Å². The molecule has 124 valence electrons. The average molecular weight is 333 g/mol. The molecule has 23 heavy (non-hydrogen) atoms. The third-order valence-corrected chi connectivity index (χ3v) is 3.83. The molecule has 4 heteroatoms. The smallest absolute Gasteiger partial charge is 0.234 e. The molecular weight excluding hydrogens is 308 g/mol. The molecule has 0 aliphatic carbocycles. The van der Waals surface area contributed by atoms with Crippen LogP contribution in [0.4, 0.5) is 0 Å². The zero-order valence-electron chi connectivity index (χ0n) is 13.7. The van der Waals surface area contributed by atoms with Crippen molar-refractivity contribution in [1.82, 2.24) is 10.2 Å². The van der Waals surface area contributed by atoms with Gasteiger partial charge in [0, 0.05) is 0 Å². The minimum atomic E-state index is -0.106. The summed E-state index contributed by atoms with van der Waals surface area (Å²) >= 11 is 0. The SMILES string of the molecule is CCN(CC)CC(=O)NC(c1ccccc1)c1ccccc1.Cl. The molecule has 2 aromatic rings. The van der Waals surface area contributed by atoms with Gasteiger partial charge in [0.05, 0.1) is 12.6 Å². The number of nitrogens with one attached hydrogen (secondary N) is 1. The number of rotatable bonds is 7. The minimum Gasteiger partial charge on any atom is -0.344 e. The highest BCUT2D eigenvalue weighted by molar-refractivity contribution is 5.85. The first-order chi connectivity index (χ1) is 10.7. The van der Waals surface area contributed by atoms with Crippen molar-refractivity contribution >= 4 is 18.3 Å². The first-order valence-electron chi connectivity index (χ1n) is 7.86. The van der Waals surface area contributed by atoms with E-state index in [1.807, 2.05) is 36.4 Å². The number of benzene rings is 2. The van der Waals surface area contributed by atoms with Crippen molar-refractivity contribution in [3.05, 3.63) is 71.8 Å². The second-order valence-electron chi connectivity index (χ2n) is 5.28. The Hall–Kier alpha value is -1.84. The second kappa shape index (κ2) is 10.0. The number of likely N-dealkylation sites (N-methyl/N-ethyl adjacent to an activating group) is 1. The maximum Gasteiger partial charge on any atom is 0.234 e. The van der Waals surface area contributed by atoms with Crippen molar-refractivity contribution < 1.29 is 4.79 Å². The molecule has 0 aliphatic rings. The quantitative estimate of drug-likeness (QED) is 0.839. The van der Waals surface area contributed by atoms with Gasteiger partial charge in [-0.2, -0.15) is 0 Å². The molecular formula is C19H25ClN2O. The van der Waals surface area contributed by atoms with Gasteiger partial charge in [-0.3, -0.25) is 9.69 Å². The first kappa shape index (κ1) is 19.2. The van der Waals surface area contributed by atoms with E-state index >= 15 is 0 Å². The molecule has 0 spiro atoms. The van der Waals surface area contributed by atoms with Crippen LogP contribution < -0.4 is 5.32 Å². The Labute approximate surface area is 145 Å². The van der Waals surface area contributed by atoms with E-state index in [-0.39, 0.29) is 24.4 Å². The van der Waals surface area contributed by atoms with E-state index in [1.54, 1.807) is 0 Å². The van der Waals surface area contributed by atoms with Gasteiger partial charge in [-0.25, -0.2) is 0 Å². The van der Waals surface area contributed by atoms with Crippen LogP contribution in [-0.4, -0.2) is 30.4 Å². The van der Waals surface area contributed by atoms with E-state index in [4.69, 9.17) is 0 Å². The van der Waals surface area contributed by atoms with Crippen LogP contribution in [0.25, 0.3) is 0 Å². The number of hydrogen-bond donors (Lipinski definition) is 1. The molecule has 0 saturated carbocycles. The van der Waals surface area contributed by atoms with E-state index in [9.17, 15) is 4.79 Å². The standard InChI is InChI=1S/C19H24N2O.ClH/c1-3-21(4-2)15-18(22)20-19(16-11-7-5-8-12-16)17-13-9-6-10-14-17;/h5-14,19H,3-4,15H2,1-2H3,(H,20,22);1H. The monoisotopic (exact) mass is 332 g/mol. The topological polar surface area (TPSA) is 32.3 Å². The van der Waals surface area contributed by atoms with Crippen molar-refractivity contribution in [2.75, 3.05) is 19.6 Å². The van der Waals surface area contributed by atoms with Crippen molar-refractivity contribution in [2.24, 2.45) is 0 Å². The van der Waals surface area contributed by atoms with Gasteiger partial charge in [0.15, 0.2) is 0 Å². The normalized spacial score (nSPS) is 10.4. The van der Waals surface area contributed by atoms with Gasteiger partial charge in [-0.05, 0) is 24.2 Å². The van der Waals surface area contributed by atoms with E-state index < -0.39 is 0 Å². The van der Waals surface area contributed by atoms with Gasteiger partial charge < -0.3 is 5.32 Å². The fourth-order valence-electron chi connectivity index (χ4n) is 2.51. The zero-order chi connectivity index (χ0) is 15.8. The second-order valence-corrected chi connectivity index (χ2v) is 5.28. The predicted molar refractivity (Wildman–Crippen MR) is 97.9 cm³/mol. The number of carbonyl (C=O) groups is 1. The minimum absolute atomic E-state index is 0. The molecule has 2 aromatic carbocycles. The summed E-state index contributed by atoms with van der Waals surface area (Å²) in [6.45, 7) is 6.34. The van der Waals surface area contributed by atoms with Crippen LogP contribution in [0.1, 0.15) is 31.0 Å². The molecule has 1 N–H and O–H groups in total. The van der Waals surface area contributed by atoms with Crippen molar-refractivity contribution in [3.63, 3.8) is 0 Å². The predicted octanol–water partition coefficient (Wildman–Crippen LogP) is 3.66. The molecule has 0 fully saturated rings. The Bertz CT molecular complexity index is 531. The van der Waals surface area contributed by atoms with E-state index in [0.717, 1.165) is 24.2 Å². The molecule has 0 aromatic heterocycles. The van der Waals surface area contributed by atoms with Gasteiger partial charge in [0.1, 0.15) is 0 Å². The number of hydrogen-bond acceptors (Lipinski definition) is 2. The van der Waals surface area contributed by atoms with E-state index in [2.05, 4.69) is 48.3 Å². The fourth-order valence-corrected chi connectivity index (χ4v) is 2.51. The van der Waals surface area contributed by atoms with Gasteiger partial charge in [0.2, 0.25) is 5.91 Å². The van der Waals surface area contributed by atoms with Crippen LogP contribution in [0.15, 0.2) is 60.7 Å². The summed E-state index contributed by atoms with van der Waals surface area (Å²) in [6, 6.07) is 20.1. The summed E-state index contributed by atoms with van der Waals surface area (Å²) in [5.41, 5.74) is 2.20. The molecule has 0 saturated heterocycles. The molecule has 3 nitrogen and oxygen atoms in total. The Balaban J connectivity index is 0.00000264. The third kappa shape index (κ3) is 5.70. The maximum absolute atomic E-state index is 12.4. The molecule has 0 atom stereocenters. The molecule has 0 heterocycles. The van der Waals surface area contributed by atoms with Crippen LogP contribution in [0.2, 0.25) is 0 Å². The summed E-state index contributed by atoms with van der Waals surface area (Å²) in [6.07, 6.45) is 0. The lowest BCUT2D eigenvalue weighted by molar-refractivity contribution is -0.122. The van der Waals surface area contributed by atoms with Gasteiger partial charge in [0.25, 0.3) is 0 Å². The van der Waals surface area contributed by atoms with Crippen molar-refractivity contribution in [3.8, 4) is 0 Å². The largest absolute Gasteiger partial charge is 0.344 e. The van der Waals surface area contributed by atoms with Crippen LogP contribution in [-0.2, 0) is 4.79 Å². The molecule has 0 aliphatic heterocycles. The maximum atomic E-state index is 12.4. The van der Waals surface area contributed by atoms with Gasteiger partial charge >= 0.3 is 0 Å². The first-order valence-corrected chi connectivity index (χ1v) is 7.86. The van der Waals surface area contributed by atoms with Gasteiger partial charge in [-0.15, -0.1) is 12.4 Å². The lowest BCUT2D eigenvalue weighted by Crippen LogP contribution is -2.39. The Morgan fingerprint density at radius 3 is 1.74 bits per heavy atom. The Kier molecular flexibility index (Phi) is 8.38. The fraction of sp³-hybridized carbons (Fsp3) is 0.316. The molecule has 0 unspecified atom stereocenters. The van der Waals surface area contributed by atoms with Crippen LogP contribution >= 0.6 is 12.4 Å². The number of amides is 1. The lowest BCUT2D eigenvalue weighted by atomic mass is 9.99. The van der Waals surface area contributed by atoms with Crippen LogP contribution in [0, 0.1) is 0 Å². The molecule has 2 rings (SSSR count). The number of halogens is 1. The highest BCUT2D eigenvalue weighted by atomic mass is 35.5. The number of carbonyl (C=O) groups excluding carboxylic acids is 1. The summed E-state index contributed by atoms with van der Waals surface area (Å²) in [4.78, 5) is 14.5. The lowest BCUT2D eigenvalue weighted by Gasteiger charge is -2.23. The zero-order valence-corrected chi connectivity index (χ0v) is 14.6. The van der Waals surface area contributed by atoms with Gasteiger partial charge in [-0.1, -0.05) is 74.5 Å².